The van der Waals surface area contributed by atoms with E-state index in [-0.39, 0.29) is 18.0 Å². The number of halogens is 3. The molecule has 2 heterocycles. The molecule has 1 saturated heterocycles. The summed E-state index contributed by atoms with van der Waals surface area (Å²) in [5.41, 5.74) is 0.0676. The van der Waals surface area contributed by atoms with Gasteiger partial charge in [0, 0.05) is 25.5 Å². The van der Waals surface area contributed by atoms with Crippen molar-refractivity contribution in [3.63, 3.8) is 0 Å². The van der Waals surface area contributed by atoms with Gasteiger partial charge < -0.3 is 10.1 Å². The van der Waals surface area contributed by atoms with E-state index in [1.54, 1.807) is 30.2 Å². The van der Waals surface area contributed by atoms with Crippen LogP contribution in [-0.4, -0.2) is 34.4 Å². The first-order valence-corrected chi connectivity index (χ1v) is 8.32. The third kappa shape index (κ3) is 4.46. The molecule has 2 aromatic rings. The SMILES string of the molecule is FC(F)(F)c1ccc(CO[C@@H]2CNC[C@H]2Sc2ncccn2)cc1. The molecule has 2 atom stereocenters. The van der Waals surface area contributed by atoms with Gasteiger partial charge in [-0.15, -0.1) is 0 Å². The monoisotopic (exact) mass is 355 g/mol. The second-order valence-electron chi connectivity index (χ2n) is 5.39. The predicted molar refractivity (Wildman–Crippen MR) is 84.6 cm³/mol. The van der Waals surface area contributed by atoms with Gasteiger partial charge in [0.05, 0.1) is 23.5 Å². The predicted octanol–water partition coefficient (Wildman–Crippen LogP) is 3.14. The molecular formula is C16H16F3N3OS. The first-order valence-electron chi connectivity index (χ1n) is 7.44. The first-order chi connectivity index (χ1) is 11.5. The molecule has 1 aromatic carbocycles. The smallest absolute Gasteiger partial charge is 0.371 e. The van der Waals surface area contributed by atoms with Crippen LogP contribution in [0.5, 0.6) is 0 Å². The second kappa shape index (κ2) is 7.50. The van der Waals surface area contributed by atoms with Crippen molar-refractivity contribution in [1.82, 2.24) is 15.3 Å². The lowest BCUT2D eigenvalue weighted by Gasteiger charge is -2.18. The van der Waals surface area contributed by atoms with Gasteiger partial charge in [-0.1, -0.05) is 23.9 Å². The normalized spacial score (nSPS) is 21.1. The van der Waals surface area contributed by atoms with Crippen molar-refractivity contribution in [2.24, 2.45) is 0 Å². The molecular weight excluding hydrogens is 339 g/mol. The summed E-state index contributed by atoms with van der Waals surface area (Å²) >= 11 is 1.54. The van der Waals surface area contributed by atoms with Crippen LogP contribution in [0.15, 0.2) is 47.9 Å². The first kappa shape index (κ1) is 17.2. The maximum absolute atomic E-state index is 12.6. The highest BCUT2D eigenvalue weighted by Gasteiger charge is 2.31. The molecule has 0 amide bonds. The Hall–Kier alpha value is -1.64. The summed E-state index contributed by atoms with van der Waals surface area (Å²) in [6.07, 6.45) is -0.973. The Morgan fingerprint density at radius 2 is 1.83 bits per heavy atom. The fourth-order valence-corrected chi connectivity index (χ4v) is 3.43. The average Bonchev–Trinajstić information content (AvgIpc) is 3.00. The fraction of sp³-hybridized carbons (Fsp3) is 0.375. The van der Waals surface area contributed by atoms with Gasteiger partial charge in [0.25, 0.3) is 0 Å². The van der Waals surface area contributed by atoms with Crippen molar-refractivity contribution in [3.8, 4) is 0 Å². The lowest BCUT2D eigenvalue weighted by molar-refractivity contribution is -0.137. The number of alkyl halides is 3. The van der Waals surface area contributed by atoms with Crippen LogP contribution in [0.25, 0.3) is 0 Å². The number of thioether (sulfide) groups is 1. The molecule has 1 aromatic heterocycles. The average molecular weight is 355 g/mol. The molecule has 1 fully saturated rings. The Bertz CT molecular complexity index is 652. The Kier molecular flexibility index (Phi) is 5.37. The molecule has 8 heteroatoms. The number of hydrogen-bond donors (Lipinski definition) is 1. The quantitative estimate of drug-likeness (QED) is 0.835. The summed E-state index contributed by atoms with van der Waals surface area (Å²) in [7, 11) is 0. The van der Waals surface area contributed by atoms with E-state index in [0.717, 1.165) is 24.2 Å². The fourth-order valence-electron chi connectivity index (χ4n) is 2.39. The minimum atomic E-state index is -4.31. The maximum atomic E-state index is 12.6. The largest absolute Gasteiger partial charge is 0.416 e. The van der Waals surface area contributed by atoms with Gasteiger partial charge in [0.1, 0.15) is 0 Å². The topological polar surface area (TPSA) is 47.0 Å². The Balaban J connectivity index is 1.55. The van der Waals surface area contributed by atoms with Crippen LogP contribution in [0.4, 0.5) is 13.2 Å². The zero-order valence-electron chi connectivity index (χ0n) is 12.7. The van der Waals surface area contributed by atoms with Crippen LogP contribution >= 0.6 is 11.8 Å². The standard InChI is InChI=1S/C16H16F3N3OS/c17-16(18,19)12-4-2-11(3-5-12)10-23-13-8-20-9-14(13)24-15-21-6-1-7-22-15/h1-7,13-14,20H,8-10H2/t13-,14-/m1/s1. The van der Waals surface area contributed by atoms with E-state index >= 15 is 0 Å². The van der Waals surface area contributed by atoms with Crippen LogP contribution in [0.2, 0.25) is 0 Å². The zero-order valence-corrected chi connectivity index (χ0v) is 13.5. The highest BCUT2D eigenvalue weighted by Crippen LogP contribution is 2.30. The van der Waals surface area contributed by atoms with Crippen LogP contribution in [-0.2, 0) is 17.5 Å². The zero-order chi connectivity index (χ0) is 17.0. The Labute approximate surface area is 141 Å². The number of nitrogens with zero attached hydrogens (tertiary/aromatic N) is 2. The van der Waals surface area contributed by atoms with Gasteiger partial charge in [0.2, 0.25) is 0 Å². The Morgan fingerprint density at radius 3 is 2.50 bits per heavy atom. The highest BCUT2D eigenvalue weighted by molar-refractivity contribution is 7.99. The van der Waals surface area contributed by atoms with E-state index in [4.69, 9.17) is 4.74 Å². The van der Waals surface area contributed by atoms with Crippen molar-refractivity contribution < 1.29 is 17.9 Å². The van der Waals surface area contributed by atoms with Gasteiger partial charge in [-0.3, -0.25) is 0 Å². The van der Waals surface area contributed by atoms with E-state index in [1.807, 2.05) is 0 Å². The van der Waals surface area contributed by atoms with Gasteiger partial charge in [-0.2, -0.15) is 13.2 Å². The van der Waals surface area contributed by atoms with Gasteiger partial charge in [-0.05, 0) is 23.8 Å². The van der Waals surface area contributed by atoms with Crippen molar-refractivity contribution in [2.45, 2.75) is 29.3 Å². The van der Waals surface area contributed by atoms with E-state index in [1.165, 1.54) is 12.1 Å². The minimum Gasteiger partial charge on any atom is -0.371 e. The summed E-state index contributed by atoms with van der Waals surface area (Å²) in [6, 6.07) is 6.82. The number of nitrogens with one attached hydrogen (secondary N) is 1. The summed E-state index contributed by atoms with van der Waals surface area (Å²) in [4.78, 5) is 8.38. The van der Waals surface area contributed by atoms with Gasteiger partial charge in [0.15, 0.2) is 5.16 Å². The molecule has 4 nitrogen and oxygen atoms in total. The summed E-state index contributed by atoms with van der Waals surface area (Å²) in [5, 5.41) is 4.12. The van der Waals surface area contributed by atoms with Crippen molar-refractivity contribution in [1.29, 1.82) is 0 Å². The molecule has 128 valence electrons. The summed E-state index contributed by atoms with van der Waals surface area (Å²) in [5.74, 6) is 0. The molecule has 1 N–H and O–H groups in total. The molecule has 1 aliphatic heterocycles. The molecule has 1 aliphatic rings. The third-order valence-corrected chi connectivity index (χ3v) is 4.84. The van der Waals surface area contributed by atoms with Gasteiger partial charge >= 0.3 is 6.18 Å². The lowest BCUT2D eigenvalue weighted by Crippen LogP contribution is -2.24. The minimum absolute atomic E-state index is 0.0406. The number of aromatic nitrogens is 2. The van der Waals surface area contributed by atoms with Crippen LogP contribution in [0.1, 0.15) is 11.1 Å². The number of rotatable bonds is 5. The van der Waals surface area contributed by atoms with Crippen molar-refractivity contribution in [3.05, 3.63) is 53.9 Å². The van der Waals surface area contributed by atoms with Crippen molar-refractivity contribution in [2.75, 3.05) is 13.1 Å². The molecule has 0 radical (unpaired) electrons. The molecule has 3 rings (SSSR count). The number of ether oxygens (including phenoxy) is 1. The van der Waals surface area contributed by atoms with E-state index in [0.29, 0.717) is 11.7 Å². The second-order valence-corrected chi connectivity index (χ2v) is 6.60. The Morgan fingerprint density at radius 1 is 1.12 bits per heavy atom. The van der Waals surface area contributed by atoms with E-state index < -0.39 is 11.7 Å². The lowest BCUT2D eigenvalue weighted by atomic mass is 10.1. The highest BCUT2D eigenvalue weighted by atomic mass is 32.2. The maximum Gasteiger partial charge on any atom is 0.416 e. The van der Waals surface area contributed by atoms with Crippen molar-refractivity contribution >= 4 is 11.8 Å². The summed E-state index contributed by atoms with van der Waals surface area (Å²) in [6.45, 7) is 1.75. The van der Waals surface area contributed by atoms with Crippen LogP contribution in [0.3, 0.4) is 0 Å². The van der Waals surface area contributed by atoms with E-state index in [9.17, 15) is 13.2 Å². The molecule has 0 unspecified atom stereocenters. The molecule has 0 spiro atoms. The van der Waals surface area contributed by atoms with Crippen LogP contribution in [0, 0.1) is 0 Å². The van der Waals surface area contributed by atoms with E-state index in [2.05, 4.69) is 15.3 Å². The number of hydrogen-bond acceptors (Lipinski definition) is 5. The number of benzene rings is 1. The third-order valence-electron chi connectivity index (χ3n) is 3.65. The molecule has 24 heavy (non-hydrogen) atoms. The molecule has 0 saturated carbocycles. The molecule has 0 aliphatic carbocycles. The van der Waals surface area contributed by atoms with Gasteiger partial charge in [-0.25, -0.2) is 9.97 Å². The molecule has 0 bridgehead atoms. The van der Waals surface area contributed by atoms with Crippen LogP contribution < -0.4 is 5.32 Å². The summed E-state index contributed by atoms with van der Waals surface area (Å²) < 4.78 is 43.5.